The van der Waals surface area contributed by atoms with Gasteiger partial charge in [0, 0.05) is 0 Å². The molecule has 2 aliphatic rings. The highest BCUT2D eigenvalue weighted by atomic mass is 14.5. The normalized spacial score (nSPS) is 13.4. The first-order chi connectivity index (χ1) is 26.3. The van der Waals surface area contributed by atoms with E-state index in [0.29, 0.717) is 0 Å². The standard InChI is InChI=1S/C53H32/c1-4-14-41-34(11-1)27-28-46-48-30-37-26-25-36(33-21-23-35(24-22-33)47-31-38-12-2-3-13-40(38)42-15-5-6-16-43(42)47)29-39(37)32-51(48)53(52(41)46)49-19-9-7-17-44(49)45-18-8-10-20-50(45)53/h1-32H. The Morgan fingerprint density at radius 2 is 0.811 bits per heavy atom. The predicted molar refractivity (Wildman–Crippen MR) is 224 cm³/mol. The van der Waals surface area contributed by atoms with Crippen LogP contribution in [0, 0.1) is 0 Å². The highest BCUT2D eigenvalue weighted by Gasteiger charge is 2.52. The molecule has 53 heavy (non-hydrogen) atoms. The molecule has 0 saturated heterocycles. The molecule has 0 aromatic heterocycles. The molecule has 2 aliphatic carbocycles. The minimum atomic E-state index is -0.396. The second-order valence-corrected chi connectivity index (χ2v) is 14.8. The summed E-state index contributed by atoms with van der Waals surface area (Å²) in [6.07, 6.45) is 0. The molecule has 0 aliphatic heterocycles. The topological polar surface area (TPSA) is 0 Å². The van der Waals surface area contributed by atoms with Crippen molar-refractivity contribution >= 4 is 43.1 Å². The zero-order valence-electron chi connectivity index (χ0n) is 29.0. The maximum atomic E-state index is 2.51. The molecule has 244 valence electrons. The van der Waals surface area contributed by atoms with Gasteiger partial charge in [-0.25, -0.2) is 0 Å². The smallest absolute Gasteiger partial charge is 0.0619 e. The molecule has 0 N–H and O–H groups in total. The summed E-state index contributed by atoms with van der Waals surface area (Å²) in [5, 5.41) is 10.3. The highest BCUT2D eigenvalue weighted by molar-refractivity contribution is 6.14. The average molecular weight is 669 g/mol. The van der Waals surface area contributed by atoms with Gasteiger partial charge in [0.1, 0.15) is 0 Å². The third-order valence-electron chi connectivity index (χ3n) is 12.2. The fourth-order valence-corrected chi connectivity index (χ4v) is 9.97. The van der Waals surface area contributed by atoms with Gasteiger partial charge in [0.05, 0.1) is 5.41 Å². The lowest BCUT2D eigenvalue weighted by molar-refractivity contribution is 0.802. The third kappa shape index (κ3) is 3.85. The lowest BCUT2D eigenvalue weighted by atomic mass is 9.69. The number of hydrogen-bond acceptors (Lipinski definition) is 0. The molecule has 0 fully saturated rings. The summed E-state index contributed by atoms with van der Waals surface area (Å²) in [6, 6.07) is 72.8. The zero-order valence-corrected chi connectivity index (χ0v) is 29.0. The average Bonchev–Trinajstić information content (AvgIpc) is 3.69. The van der Waals surface area contributed by atoms with Crippen LogP contribution in [-0.2, 0) is 5.41 Å². The second-order valence-electron chi connectivity index (χ2n) is 14.8. The van der Waals surface area contributed by atoms with Crippen LogP contribution in [0.15, 0.2) is 194 Å². The van der Waals surface area contributed by atoms with Crippen LogP contribution in [0.3, 0.4) is 0 Å². The van der Waals surface area contributed by atoms with Crippen LogP contribution in [0.1, 0.15) is 22.3 Å². The minimum absolute atomic E-state index is 0.396. The summed E-state index contributed by atoms with van der Waals surface area (Å²) in [5.41, 5.74) is 15.5. The molecule has 12 rings (SSSR count). The van der Waals surface area contributed by atoms with E-state index in [2.05, 4.69) is 194 Å². The summed E-state index contributed by atoms with van der Waals surface area (Å²) in [7, 11) is 0. The highest BCUT2D eigenvalue weighted by Crippen LogP contribution is 2.64. The Kier molecular flexibility index (Phi) is 5.80. The summed E-state index contributed by atoms with van der Waals surface area (Å²) in [4.78, 5) is 0. The van der Waals surface area contributed by atoms with Gasteiger partial charge < -0.3 is 0 Å². The summed E-state index contributed by atoms with van der Waals surface area (Å²) in [5.74, 6) is 0. The van der Waals surface area contributed by atoms with E-state index in [4.69, 9.17) is 0 Å². The lowest BCUT2D eigenvalue weighted by Gasteiger charge is -2.31. The zero-order chi connectivity index (χ0) is 34.7. The Hall–Kier alpha value is -6.76. The quantitative estimate of drug-likeness (QED) is 0.161. The first kappa shape index (κ1) is 28.9. The monoisotopic (exact) mass is 668 g/mol. The number of hydrogen-bond donors (Lipinski definition) is 0. The Balaban J connectivity index is 1.05. The fraction of sp³-hybridized carbons (Fsp3) is 0.0189. The van der Waals surface area contributed by atoms with Gasteiger partial charge in [0.2, 0.25) is 0 Å². The Labute approximate surface area is 308 Å². The molecular weight excluding hydrogens is 637 g/mol. The largest absolute Gasteiger partial charge is 0.0731 e. The first-order valence-corrected chi connectivity index (χ1v) is 18.6. The van der Waals surface area contributed by atoms with Crippen molar-refractivity contribution in [2.24, 2.45) is 0 Å². The van der Waals surface area contributed by atoms with Crippen molar-refractivity contribution in [3.8, 4) is 44.5 Å². The Bertz CT molecular complexity index is 3120. The molecule has 0 bridgehead atoms. The van der Waals surface area contributed by atoms with Gasteiger partial charge in [-0.05, 0) is 134 Å². The van der Waals surface area contributed by atoms with E-state index in [1.54, 1.807) is 0 Å². The molecule has 0 heterocycles. The molecular formula is C53H32. The van der Waals surface area contributed by atoms with Crippen molar-refractivity contribution in [2.75, 3.05) is 0 Å². The van der Waals surface area contributed by atoms with Gasteiger partial charge in [-0.3, -0.25) is 0 Å². The van der Waals surface area contributed by atoms with Crippen molar-refractivity contribution in [1.82, 2.24) is 0 Å². The van der Waals surface area contributed by atoms with E-state index in [1.807, 2.05) is 0 Å². The van der Waals surface area contributed by atoms with Crippen LogP contribution >= 0.6 is 0 Å². The lowest BCUT2D eigenvalue weighted by Crippen LogP contribution is -2.26. The predicted octanol–water partition coefficient (Wildman–Crippen LogP) is 14.0. The van der Waals surface area contributed by atoms with E-state index in [9.17, 15) is 0 Å². The van der Waals surface area contributed by atoms with Gasteiger partial charge in [-0.15, -0.1) is 0 Å². The van der Waals surface area contributed by atoms with E-state index in [0.717, 1.165) is 0 Å². The molecule has 10 aromatic rings. The van der Waals surface area contributed by atoms with Crippen LogP contribution < -0.4 is 0 Å². The van der Waals surface area contributed by atoms with Crippen LogP contribution in [0.25, 0.3) is 87.6 Å². The van der Waals surface area contributed by atoms with E-state index in [1.165, 1.54) is 110 Å². The molecule has 0 nitrogen and oxygen atoms in total. The molecule has 10 aromatic carbocycles. The van der Waals surface area contributed by atoms with Crippen molar-refractivity contribution in [3.63, 3.8) is 0 Å². The maximum Gasteiger partial charge on any atom is 0.0731 e. The number of fused-ring (bicyclic) bond motifs is 16. The van der Waals surface area contributed by atoms with Gasteiger partial charge >= 0.3 is 0 Å². The van der Waals surface area contributed by atoms with Crippen molar-refractivity contribution in [3.05, 3.63) is 216 Å². The molecule has 0 atom stereocenters. The van der Waals surface area contributed by atoms with E-state index in [-0.39, 0.29) is 0 Å². The van der Waals surface area contributed by atoms with Crippen molar-refractivity contribution in [2.45, 2.75) is 5.41 Å². The van der Waals surface area contributed by atoms with E-state index >= 15 is 0 Å². The van der Waals surface area contributed by atoms with Crippen LogP contribution in [0.5, 0.6) is 0 Å². The van der Waals surface area contributed by atoms with Gasteiger partial charge in [0.15, 0.2) is 0 Å². The van der Waals surface area contributed by atoms with Gasteiger partial charge in [-0.1, -0.05) is 170 Å². The fourth-order valence-electron chi connectivity index (χ4n) is 9.97. The summed E-state index contributed by atoms with van der Waals surface area (Å²) < 4.78 is 0. The molecule has 0 radical (unpaired) electrons. The maximum absolute atomic E-state index is 2.51. The summed E-state index contributed by atoms with van der Waals surface area (Å²) in [6.45, 7) is 0. The molecule has 0 unspecified atom stereocenters. The van der Waals surface area contributed by atoms with Crippen LogP contribution in [0.2, 0.25) is 0 Å². The Morgan fingerprint density at radius 3 is 1.58 bits per heavy atom. The minimum Gasteiger partial charge on any atom is -0.0619 e. The third-order valence-corrected chi connectivity index (χ3v) is 12.2. The molecule has 0 heteroatoms. The summed E-state index contributed by atoms with van der Waals surface area (Å²) >= 11 is 0. The SMILES string of the molecule is c1ccc2c(c1)-c1ccccc1C21c2cc3cc(-c4ccc(-c5cc6ccccc6c6ccccc56)cc4)ccc3cc2-c2ccc3ccccc3c21. The van der Waals surface area contributed by atoms with Crippen LogP contribution in [-0.4, -0.2) is 0 Å². The Morgan fingerprint density at radius 1 is 0.245 bits per heavy atom. The second kappa shape index (κ2) is 10.6. The number of rotatable bonds is 2. The molecule has 0 saturated carbocycles. The van der Waals surface area contributed by atoms with Crippen LogP contribution in [0.4, 0.5) is 0 Å². The van der Waals surface area contributed by atoms with Crippen molar-refractivity contribution in [1.29, 1.82) is 0 Å². The first-order valence-electron chi connectivity index (χ1n) is 18.6. The van der Waals surface area contributed by atoms with Crippen molar-refractivity contribution < 1.29 is 0 Å². The molecule has 0 amide bonds. The molecule has 1 spiro atoms. The van der Waals surface area contributed by atoms with E-state index < -0.39 is 5.41 Å². The van der Waals surface area contributed by atoms with Gasteiger partial charge in [0.25, 0.3) is 0 Å². The van der Waals surface area contributed by atoms with Gasteiger partial charge in [-0.2, -0.15) is 0 Å². The number of benzene rings is 10.